The molecule has 1 N–H and O–H groups in total. The van der Waals surface area contributed by atoms with Crippen molar-refractivity contribution >= 4 is 66.3 Å². The number of amidine groups is 2. The summed E-state index contributed by atoms with van der Waals surface area (Å²) in [6, 6.07) is 8.04. The van der Waals surface area contributed by atoms with Gasteiger partial charge in [-0.1, -0.05) is 26.0 Å². The monoisotopic (exact) mass is 532 g/mol. The van der Waals surface area contributed by atoms with Crippen molar-refractivity contribution in [3.63, 3.8) is 0 Å². The number of ether oxygens (including phenoxy) is 2. The minimum atomic E-state index is -3.67. The number of hydrogen-bond acceptors (Lipinski definition) is 10. The minimum Gasteiger partial charge on any atom is -0.493 e. The largest absolute Gasteiger partial charge is 0.493 e. The molecule has 1 aromatic heterocycles. The predicted octanol–water partition coefficient (Wildman–Crippen LogP) is 3.62. The third-order valence-electron chi connectivity index (χ3n) is 4.68. The zero-order valence-electron chi connectivity index (χ0n) is 18.8. The van der Waals surface area contributed by atoms with E-state index >= 15 is 0 Å². The molecule has 182 valence electrons. The molecule has 0 saturated carbocycles. The first-order valence-electron chi connectivity index (χ1n) is 10.3. The fraction of sp³-hybridized carbons (Fsp3) is 0.227. The van der Waals surface area contributed by atoms with Gasteiger partial charge in [0.2, 0.25) is 19.4 Å². The second-order valence-electron chi connectivity index (χ2n) is 7.84. The van der Waals surface area contributed by atoms with E-state index < -0.39 is 21.7 Å². The molecule has 0 atom stereocenters. The van der Waals surface area contributed by atoms with Gasteiger partial charge in [0.05, 0.1) is 18.4 Å². The molecule has 2 aliphatic rings. The Kier molecular flexibility index (Phi) is 6.92. The van der Waals surface area contributed by atoms with Gasteiger partial charge in [0, 0.05) is 0 Å². The summed E-state index contributed by atoms with van der Waals surface area (Å²) < 4.78 is 35.6. The average molecular weight is 533 g/mol. The van der Waals surface area contributed by atoms with E-state index in [1.807, 2.05) is 0 Å². The Morgan fingerprint density at radius 2 is 2.03 bits per heavy atom. The molecular weight excluding hydrogens is 512 g/mol. The number of nitrogens with one attached hydrogen (secondary N) is 1. The molecule has 0 aliphatic carbocycles. The first kappa shape index (κ1) is 24.8. The van der Waals surface area contributed by atoms with Crippen LogP contribution < -0.4 is 9.47 Å². The highest BCUT2D eigenvalue weighted by Gasteiger charge is 2.39. The van der Waals surface area contributed by atoms with Crippen LogP contribution in [-0.4, -0.2) is 53.5 Å². The molecule has 0 radical (unpaired) electrons. The zero-order valence-corrected chi connectivity index (χ0v) is 21.3. The lowest BCUT2D eigenvalue weighted by Gasteiger charge is -2.20. The molecule has 13 heteroatoms. The Labute approximate surface area is 209 Å². The van der Waals surface area contributed by atoms with Crippen LogP contribution in [0, 0.1) is 11.3 Å². The molecule has 10 nitrogen and oxygen atoms in total. The van der Waals surface area contributed by atoms with E-state index in [1.54, 1.807) is 43.5 Å². The molecule has 3 heterocycles. The number of thiophene rings is 1. The van der Waals surface area contributed by atoms with Crippen LogP contribution >= 0.6 is 23.1 Å². The van der Waals surface area contributed by atoms with Crippen LogP contribution in [0.25, 0.3) is 6.08 Å². The van der Waals surface area contributed by atoms with Gasteiger partial charge in [-0.05, 0) is 52.9 Å². The zero-order chi connectivity index (χ0) is 25.3. The van der Waals surface area contributed by atoms with E-state index in [1.165, 1.54) is 30.6 Å². The average Bonchev–Trinajstić information content (AvgIpc) is 3.47. The fourth-order valence-electron chi connectivity index (χ4n) is 3.18. The first-order chi connectivity index (χ1) is 16.6. The lowest BCUT2D eigenvalue weighted by Crippen LogP contribution is -2.35. The van der Waals surface area contributed by atoms with Crippen molar-refractivity contribution in [1.29, 1.82) is 5.41 Å². The van der Waals surface area contributed by atoms with Gasteiger partial charge in [0.25, 0.3) is 5.91 Å². The molecule has 0 unspecified atom stereocenters. The molecule has 0 saturated heterocycles. The van der Waals surface area contributed by atoms with Gasteiger partial charge in [0.1, 0.15) is 4.88 Å². The molecule has 2 aliphatic heterocycles. The topological polar surface area (TPSA) is 139 Å². The number of benzene rings is 1. The number of fused-ring (bicyclic) bond motifs is 1. The Morgan fingerprint density at radius 1 is 1.26 bits per heavy atom. The van der Waals surface area contributed by atoms with Crippen LogP contribution in [0.1, 0.15) is 29.1 Å². The number of amides is 1. The highest BCUT2D eigenvalue weighted by atomic mass is 32.3. The summed E-state index contributed by atoms with van der Waals surface area (Å²) in [5.74, 6) is -1.29. The van der Waals surface area contributed by atoms with Crippen molar-refractivity contribution in [1.82, 2.24) is 5.01 Å². The highest BCUT2D eigenvalue weighted by molar-refractivity contribution is 8.42. The van der Waals surface area contributed by atoms with Crippen molar-refractivity contribution < 1.29 is 27.5 Å². The number of carbonyl (C=O) groups excluding carboxylic acids is 2. The second-order valence-corrected chi connectivity index (χ2v) is 11.9. The summed E-state index contributed by atoms with van der Waals surface area (Å²) in [7, 11) is -2.26. The molecule has 1 amide bonds. The van der Waals surface area contributed by atoms with Crippen LogP contribution in [0.2, 0.25) is 0 Å². The number of thioether (sulfide) groups is 1. The summed E-state index contributed by atoms with van der Waals surface area (Å²) in [6.45, 7) is 3.55. The molecule has 4 rings (SSSR count). The number of nitrogens with zero attached hydrogens (tertiary/aromatic N) is 3. The Balaban J connectivity index is 1.60. The van der Waals surface area contributed by atoms with E-state index in [9.17, 15) is 18.0 Å². The molecule has 0 bridgehead atoms. The summed E-state index contributed by atoms with van der Waals surface area (Å²) in [5.41, 5.74) is 0.402. The van der Waals surface area contributed by atoms with E-state index in [4.69, 9.17) is 14.9 Å². The van der Waals surface area contributed by atoms with Crippen LogP contribution in [0.3, 0.4) is 0 Å². The SMILES string of the molecule is COc1cc(/C=C2/C(=N)N3N=C(S(=O)(=O)CC(C)C)SC3=NC2=O)ccc1OC(=O)c1cccs1. The number of hydrazone groups is 1. The Morgan fingerprint density at radius 3 is 2.69 bits per heavy atom. The van der Waals surface area contributed by atoms with Gasteiger partial charge in [-0.3, -0.25) is 10.2 Å². The van der Waals surface area contributed by atoms with Crippen molar-refractivity contribution in [2.24, 2.45) is 16.0 Å². The van der Waals surface area contributed by atoms with E-state index in [0.717, 1.165) is 16.8 Å². The molecule has 2 aromatic rings. The molecule has 35 heavy (non-hydrogen) atoms. The van der Waals surface area contributed by atoms with Crippen LogP contribution in [-0.2, 0) is 14.6 Å². The van der Waals surface area contributed by atoms with Crippen LogP contribution in [0.5, 0.6) is 11.5 Å². The maximum atomic E-state index is 12.6. The summed E-state index contributed by atoms with van der Waals surface area (Å²) in [6.07, 6.45) is 1.42. The number of sulfone groups is 1. The summed E-state index contributed by atoms with van der Waals surface area (Å²) in [4.78, 5) is 29.3. The Bertz CT molecular complexity index is 1410. The maximum Gasteiger partial charge on any atom is 0.353 e. The smallest absolute Gasteiger partial charge is 0.353 e. The molecule has 0 fully saturated rings. The Hall–Kier alpha value is -3.29. The maximum absolute atomic E-state index is 12.6. The normalized spacial score (nSPS) is 16.9. The molecule has 1 aromatic carbocycles. The quantitative estimate of drug-likeness (QED) is 0.338. The number of aliphatic imine (C=N–C) groups is 1. The number of carbonyl (C=O) groups is 2. The number of rotatable bonds is 6. The van der Waals surface area contributed by atoms with Gasteiger partial charge in [-0.15, -0.1) is 16.4 Å². The highest BCUT2D eigenvalue weighted by Crippen LogP contribution is 2.33. The number of hydrogen-bond donors (Lipinski definition) is 1. The summed E-state index contributed by atoms with van der Waals surface area (Å²) >= 11 is 2.00. The number of esters is 1. The van der Waals surface area contributed by atoms with Crippen molar-refractivity contribution in [3.8, 4) is 11.5 Å². The second kappa shape index (κ2) is 9.76. The third kappa shape index (κ3) is 5.21. The molecule has 0 spiro atoms. The number of methoxy groups -OCH3 is 1. The van der Waals surface area contributed by atoms with Crippen molar-refractivity contribution in [3.05, 3.63) is 51.7 Å². The van der Waals surface area contributed by atoms with Gasteiger partial charge in [0.15, 0.2) is 17.3 Å². The standard InChI is InChI=1S/C22H20N4O6S3/c1-12(2)11-35(29,30)22-25-26-18(23)14(19(27)24-21(26)34-22)9-13-6-7-15(16(10-13)31-3)32-20(28)17-5-4-8-33-17/h4-10,12,23H,11H2,1-3H3/b14-9-,23-18?. The first-order valence-corrected chi connectivity index (χ1v) is 13.6. The molecular formula is C22H20N4O6S3. The summed E-state index contributed by atoms with van der Waals surface area (Å²) in [5, 5.41) is 15.3. The van der Waals surface area contributed by atoms with Gasteiger partial charge < -0.3 is 9.47 Å². The van der Waals surface area contributed by atoms with Gasteiger partial charge in [-0.25, -0.2) is 13.2 Å². The third-order valence-corrected chi connectivity index (χ3v) is 8.96. The van der Waals surface area contributed by atoms with Crippen LogP contribution in [0.15, 0.2) is 51.4 Å². The predicted molar refractivity (Wildman–Crippen MR) is 136 cm³/mol. The lowest BCUT2D eigenvalue weighted by atomic mass is 10.1. The van der Waals surface area contributed by atoms with E-state index in [0.29, 0.717) is 10.4 Å². The van der Waals surface area contributed by atoms with Gasteiger partial charge in [-0.2, -0.15) is 10.0 Å². The minimum absolute atomic E-state index is 0.0212. The van der Waals surface area contributed by atoms with Crippen molar-refractivity contribution in [2.45, 2.75) is 13.8 Å². The van der Waals surface area contributed by atoms with E-state index in [2.05, 4.69) is 10.1 Å². The van der Waals surface area contributed by atoms with Crippen molar-refractivity contribution in [2.75, 3.05) is 12.9 Å². The lowest BCUT2D eigenvalue weighted by molar-refractivity contribution is -0.114. The fourth-order valence-corrected chi connectivity index (χ4v) is 6.57. The van der Waals surface area contributed by atoms with Gasteiger partial charge >= 0.3 is 5.97 Å². The van der Waals surface area contributed by atoms with Crippen LogP contribution in [0.4, 0.5) is 0 Å². The van der Waals surface area contributed by atoms with E-state index in [-0.39, 0.29) is 44.1 Å².